The Labute approximate surface area is 120 Å². The number of sulfonamides is 1. The topological polar surface area (TPSA) is 66.5 Å². The van der Waals surface area contributed by atoms with Crippen LogP contribution in [0.15, 0.2) is 17.0 Å². The number of hydrogen-bond donors (Lipinski definition) is 1. The van der Waals surface area contributed by atoms with E-state index in [9.17, 15) is 13.2 Å². The summed E-state index contributed by atoms with van der Waals surface area (Å²) in [6.07, 6.45) is 0.222. The van der Waals surface area contributed by atoms with Crippen LogP contribution in [0.1, 0.15) is 23.1 Å². The minimum atomic E-state index is -3.60. The van der Waals surface area contributed by atoms with E-state index in [4.69, 9.17) is 0 Å². The molecule has 20 heavy (non-hydrogen) atoms. The number of amides is 1. The van der Waals surface area contributed by atoms with Crippen LogP contribution in [0.5, 0.6) is 0 Å². The van der Waals surface area contributed by atoms with E-state index in [1.807, 2.05) is 19.1 Å². The summed E-state index contributed by atoms with van der Waals surface area (Å²) in [4.78, 5) is 13.3. The van der Waals surface area contributed by atoms with Gasteiger partial charge in [0.05, 0.1) is 4.90 Å². The van der Waals surface area contributed by atoms with Gasteiger partial charge in [-0.2, -0.15) is 0 Å². The Morgan fingerprint density at radius 3 is 2.20 bits per heavy atom. The Morgan fingerprint density at radius 2 is 1.75 bits per heavy atom. The van der Waals surface area contributed by atoms with E-state index in [2.05, 4.69) is 4.72 Å². The molecule has 110 valence electrons. The lowest BCUT2D eigenvalue weighted by Gasteiger charge is -2.16. The molecule has 0 bridgehead atoms. The molecule has 5 nitrogen and oxygen atoms in total. The molecule has 1 aliphatic heterocycles. The minimum absolute atomic E-state index is 0.0324. The van der Waals surface area contributed by atoms with Gasteiger partial charge >= 0.3 is 0 Å². The molecule has 0 aliphatic carbocycles. The molecule has 1 aromatic carbocycles. The minimum Gasteiger partial charge on any atom is -0.344 e. The first-order chi connectivity index (χ1) is 9.20. The smallest absolute Gasteiger partial charge is 0.241 e. The largest absolute Gasteiger partial charge is 0.344 e. The first-order valence-corrected chi connectivity index (χ1v) is 8.03. The van der Waals surface area contributed by atoms with Crippen LogP contribution >= 0.6 is 0 Å². The lowest BCUT2D eigenvalue weighted by atomic mass is 10.1. The molecule has 0 saturated carbocycles. The standard InChI is InChI=1S/C14H20N2O3S/c1-9-5-10(2)14(11(3)6-9)20(18,19)15-12-7-13(17)16(4)8-12/h5-6,12,15H,7-8H2,1-4H3. The number of nitrogens with one attached hydrogen (secondary N) is 1. The highest BCUT2D eigenvalue weighted by atomic mass is 32.2. The average molecular weight is 296 g/mol. The van der Waals surface area contributed by atoms with Crippen LogP contribution in [-0.2, 0) is 14.8 Å². The van der Waals surface area contributed by atoms with Gasteiger partial charge in [0.15, 0.2) is 0 Å². The van der Waals surface area contributed by atoms with Crippen LogP contribution in [0, 0.1) is 20.8 Å². The molecular formula is C14H20N2O3S. The predicted molar refractivity (Wildman–Crippen MR) is 77.0 cm³/mol. The fourth-order valence-electron chi connectivity index (χ4n) is 2.81. The number of carbonyl (C=O) groups excluding carboxylic acids is 1. The average Bonchev–Trinajstić information content (AvgIpc) is 2.54. The summed E-state index contributed by atoms with van der Waals surface area (Å²) in [5, 5.41) is 0. The first-order valence-electron chi connectivity index (χ1n) is 6.55. The number of likely N-dealkylation sites (N-methyl/N-ethyl adjacent to an activating group) is 1. The zero-order valence-corrected chi connectivity index (χ0v) is 13.0. The van der Waals surface area contributed by atoms with Gasteiger partial charge in [0.2, 0.25) is 15.9 Å². The van der Waals surface area contributed by atoms with Gasteiger partial charge in [-0.15, -0.1) is 0 Å². The van der Waals surface area contributed by atoms with Crippen LogP contribution in [-0.4, -0.2) is 38.9 Å². The Morgan fingerprint density at radius 1 is 1.20 bits per heavy atom. The van der Waals surface area contributed by atoms with Crippen molar-refractivity contribution in [3.8, 4) is 0 Å². The van der Waals surface area contributed by atoms with Gasteiger partial charge in [0.25, 0.3) is 0 Å². The van der Waals surface area contributed by atoms with Crippen molar-refractivity contribution in [2.45, 2.75) is 38.1 Å². The third kappa shape index (κ3) is 2.86. The van der Waals surface area contributed by atoms with Gasteiger partial charge in [0.1, 0.15) is 0 Å². The van der Waals surface area contributed by atoms with Crippen molar-refractivity contribution in [1.29, 1.82) is 0 Å². The number of benzene rings is 1. The van der Waals surface area contributed by atoms with Gasteiger partial charge in [0, 0.05) is 26.1 Å². The van der Waals surface area contributed by atoms with Crippen LogP contribution in [0.4, 0.5) is 0 Å². The zero-order chi connectivity index (χ0) is 15.1. The van der Waals surface area contributed by atoms with E-state index in [0.29, 0.717) is 11.4 Å². The lowest BCUT2D eigenvalue weighted by molar-refractivity contribution is -0.126. The summed E-state index contributed by atoms with van der Waals surface area (Å²) < 4.78 is 27.7. The Bertz CT molecular complexity index is 629. The monoisotopic (exact) mass is 296 g/mol. The molecule has 1 heterocycles. The van der Waals surface area contributed by atoms with E-state index in [1.165, 1.54) is 0 Å². The summed E-state index contributed by atoms with van der Waals surface area (Å²) >= 11 is 0. The van der Waals surface area contributed by atoms with Crippen molar-refractivity contribution in [3.63, 3.8) is 0 Å². The second-order valence-corrected chi connectivity index (χ2v) is 7.18. The van der Waals surface area contributed by atoms with Gasteiger partial charge in [-0.05, 0) is 31.9 Å². The summed E-state index contributed by atoms with van der Waals surface area (Å²) in [6, 6.07) is 3.36. The molecule has 0 spiro atoms. The highest BCUT2D eigenvalue weighted by Crippen LogP contribution is 2.22. The van der Waals surface area contributed by atoms with Gasteiger partial charge in [-0.3, -0.25) is 4.79 Å². The van der Waals surface area contributed by atoms with E-state index >= 15 is 0 Å². The molecular weight excluding hydrogens is 276 g/mol. The van der Waals surface area contributed by atoms with Crippen LogP contribution in [0.25, 0.3) is 0 Å². The van der Waals surface area contributed by atoms with Gasteiger partial charge in [-0.25, -0.2) is 13.1 Å². The molecule has 1 saturated heterocycles. The van der Waals surface area contributed by atoms with Gasteiger partial charge in [-0.1, -0.05) is 17.7 Å². The molecule has 6 heteroatoms. The Hall–Kier alpha value is -1.40. The molecule has 1 aliphatic rings. The molecule has 2 rings (SSSR count). The highest BCUT2D eigenvalue weighted by Gasteiger charge is 2.31. The molecule has 1 N–H and O–H groups in total. The predicted octanol–water partition coefficient (Wildman–Crippen LogP) is 1.12. The van der Waals surface area contributed by atoms with Crippen molar-refractivity contribution in [3.05, 3.63) is 28.8 Å². The number of rotatable bonds is 3. The maximum Gasteiger partial charge on any atom is 0.241 e. The summed E-state index contributed by atoms with van der Waals surface area (Å²) in [6.45, 7) is 5.94. The molecule has 1 unspecified atom stereocenters. The van der Waals surface area contributed by atoms with E-state index < -0.39 is 10.0 Å². The van der Waals surface area contributed by atoms with Crippen LogP contribution < -0.4 is 4.72 Å². The van der Waals surface area contributed by atoms with E-state index in [0.717, 1.165) is 16.7 Å². The summed E-state index contributed by atoms with van der Waals surface area (Å²) in [7, 11) is -1.92. The van der Waals surface area contributed by atoms with E-state index in [-0.39, 0.29) is 18.4 Å². The molecule has 1 atom stereocenters. The maximum atomic E-state index is 12.5. The fourth-order valence-corrected chi connectivity index (χ4v) is 4.49. The highest BCUT2D eigenvalue weighted by molar-refractivity contribution is 7.89. The van der Waals surface area contributed by atoms with Crippen molar-refractivity contribution >= 4 is 15.9 Å². The van der Waals surface area contributed by atoms with Crippen LogP contribution in [0.3, 0.4) is 0 Å². The van der Waals surface area contributed by atoms with Gasteiger partial charge < -0.3 is 4.90 Å². The Balaban J connectivity index is 2.30. The second kappa shape index (κ2) is 5.18. The normalized spacial score (nSPS) is 19.7. The third-order valence-electron chi connectivity index (χ3n) is 3.54. The quantitative estimate of drug-likeness (QED) is 0.909. The molecule has 1 aromatic rings. The Kier molecular flexibility index (Phi) is 3.88. The molecule has 1 fully saturated rings. The van der Waals surface area contributed by atoms with Crippen molar-refractivity contribution < 1.29 is 13.2 Å². The van der Waals surface area contributed by atoms with Crippen molar-refractivity contribution in [1.82, 2.24) is 9.62 Å². The van der Waals surface area contributed by atoms with Crippen LogP contribution in [0.2, 0.25) is 0 Å². The first kappa shape index (κ1) is 15.0. The number of nitrogens with zero attached hydrogens (tertiary/aromatic N) is 1. The zero-order valence-electron chi connectivity index (χ0n) is 12.2. The lowest BCUT2D eigenvalue weighted by Crippen LogP contribution is -2.37. The number of carbonyl (C=O) groups is 1. The summed E-state index contributed by atoms with van der Waals surface area (Å²) in [5.74, 6) is -0.0324. The number of aryl methyl sites for hydroxylation is 3. The van der Waals surface area contributed by atoms with Crippen molar-refractivity contribution in [2.24, 2.45) is 0 Å². The molecule has 0 radical (unpaired) electrons. The summed E-state index contributed by atoms with van der Waals surface area (Å²) in [5.41, 5.74) is 2.50. The van der Waals surface area contributed by atoms with Crippen molar-refractivity contribution in [2.75, 3.05) is 13.6 Å². The molecule has 1 amide bonds. The number of likely N-dealkylation sites (tertiary alicyclic amines) is 1. The fraction of sp³-hybridized carbons (Fsp3) is 0.500. The maximum absolute atomic E-state index is 12.5. The van der Waals surface area contributed by atoms with E-state index in [1.54, 1.807) is 25.8 Å². The SMILES string of the molecule is Cc1cc(C)c(S(=O)(=O)NC2CC(=O)N(C)C2)c(C)c1. The third-order valence-corrected chi connectivity index (χ3v) is 5.36. The number of hydrogen-bond acceptors (Lipinski definition) is 3. The molecule has 0 aromatic heterocycles. The second-order valence-electron chi connectivity index (χ2n) is 5.52.